The lowest BCUT2D eigenvalue weighted by Gasteiger charge is -2.08. The molecule has 0 saturated heterocycles. The number of benzene rings is 2. The highest BCUT2D eigenvalue weighted by atomic mass is 16.1. The Morgan fingerprint density at radius 2 is 1.76 bits per heavy atom. The third kappa shape index (κ3) is 3.33. The largest absolute Gasteiger partial charge is 0.268 e. The van der Waals surface area contributed by atoms with Gasteiger partial charge >= 0.3 is 0 Å². The standard InChI is InChI=1S/C21H17N3O/c25-21-11-10-20(17-5-2-1-3-6-17)23-24(21)14-12-16-8-9-19-18(15-16)7-4-13-22-19/h1-11,13,15H,12,14H2. The third-order valence-corrected chi connectivity index (χ3v) is 4.22. The van der Waals surface area contributed by atoms with Crippen molar-refractivity contribution < 1.29 is 0 Å². The fraction of sp³-hybridized carbons (Fsp3) is 0.0952. The molecule has 0 saturated carbocycles. The van der Waals surface area contributed by atoms with Crippen LogP contribution in [-0.2, 0) is 13.0 Å². The lowest BCUT2D eigenvalue weighted by molar-refractivity contribution is 0.581. The van der Waals surface area contributed by atoms with E-state index in [4.69, 9.17) is 0 Å². The zero-order valence-corrected chi connectivity index (χ0v) is 13.7. The fourth-order valence-electron chi connectivity index (χ4n) is 2.89. The van der Waals surface area contributed by atoms with Gasteiger partial charge in [0, 0.05) is 29.8 Å². The number of pyridine rings is 1. The molecule has 0 amide bonds. The van der Waals surface area contributed by atoms with Crippen LogP contribution >= 0.6 is 0 Å². The van der Waals surface area contributed by atoms with Crippen molar-refractivity contribution in [1.29, 1.82) is 0 Å². The van der Waals surface area contributed by atoms with E-state index in [0.717, 1.165) is 28.6 Å². The van der Waals surface area contributed by atoms with Crippen LogP contribution in [0.3, 0.4) is 0 Å². The highest BCUT2D eigenvalue weighted by Crippen LogP contribution is 2.15. The summed E-state index contributed by atoms with van der Waals surface area (Å²) in [5.74, 6) is 0. The van der Waals surface area contributed by atoms with Crippen molar-refractivity contribution in [2.75, 3.05) is 0 Å². The van der Waals surface area contributed by atoms with Gasteiger partial charge in [0.15, 0.2) is 0 Å². The number of hydrogen-bond acceptors (Lipinski definition) is 3. The Morgan fingerprint density at radius 3 is 2.64 bits per heavy atom. The Morgan fingerprint density at radius 1 is 0.880 bits per heavy atom. The molecule has 0 radical (unpaired) electrons. The van der Waals surface area contributed by atoms with Gasteiger partial charge < -0.3 is 0 Å². The van der Waals surface area contributed by atoms with E-state index in [2.05, 4.69) is 22.2 Å². The van der Waals surface area contributed by atoms with Gasteiger partial charge in [-0.1, -0.05) is 42.5 Å². The Hall–Kier alpha value is -3.27. The second kappa shape index (κ2) is 6.69. The predicted octanol–water partition coefficient (Wildman–Crippen LogP) is 3.70. The molecule has 0 atom stereocenters. The van der Waals surface area contributed by atoms with Gasteiger partial charge in [0.1, 0.15) is 0 Å². The first-order valence-corrected chi connectivity index (χ1v) is 8.27. The maximum atomic E-state index is 12.1. The molecule has 25 heavy (non-hydrogen) atoms. The molecule has 0 N–H and O–H groups in total. The first kappa shape index (κ1) is 15.3. The van der Waals surface area contributed by atoms with Crippen LogP contribution in [0.4, 0.5) is 0 Å². The molecule has 0 spiro atoms. The number of hydrogen-bond donors (Lipinski definition) is 0. The second-order valence-corrected chi connectivity index (χ2v) is 5.93. The van der Waals surface area contributed by atoms with Crippen molar-refractivity contribution in [3.8, 4) is 11.3 Å². The smallest absolute Gasteiger partial charge is 0.266 e. The van der Waals surface area contributed by atoms with E-state index in [1.54, 1.807) is 18.3 Å². The van der Waals surface area contributed by atoms with Gasteiger partial charge in [-0.3, -0.25) is 9.78 Å². The summed E-state index contributed by atoms with van der Waals surface area (Å²) < 4.78 is 1.54. The molecule has 2 heterocycles. The van der Waals surface area contributed by atoms with Crippen LogP contribution in [0.2, 0.25) is 0 Å². The Balaban J connectivity index is 1.58. The van der Waals surface area contributed by atoms with Crippen molar-refractivity contribution in [1.82, 2.24) is 14.8 Å². The number of fused-ring (bicyclic) bond motifs is 1. The monoisotopic (exact) mass is 327 g/mol. The number of nitrogens with zero attached hydrogens (tertiary/aromatic N) is 3. The third-order valence-electron chi connectivity index (χ3n) is 4.22. The highest BCUT2D eigenvalue weighted by Gasteiger charge is 2.04. The van der Waals surface area contributed by atoms with Crippen LogP contribution < -0.4 is 5.56 Å². The normalized spacial score (nSPS) is 10.9. The van der Waals surface area contributed by atoms with E-state index < -0.39 is 0 Å². The van der Waals surface area contributed by atoms with E-state index >= 15 is 0 Å². The Bertz CT molecular complexity index is 1070. The first-order chi connectivity index (χ1) is 12.3. The molecule has 0 bridgehead atoms. The minimum Gasteiger partial charge on any atom is -0.268 e. The van der Waals surface area contributed by atoms with Crippen molar-refractivity contribution in [2.45, 2.75) is 13.0 Å². The van der Waals surface area contributed by atoms with Gasteiger partial charge in [0.05, 0.1) is 11.2 Å². The van der Waals surface area contributed by atoms with Crippen LogP contribution in [0.15, 0.2) is 83.8 Å². The SMILES string of the molecule is O=c1ccc(-c2ccccc2)nn1CCc1ccc2ncccc2c1. The lowest BCUT2D eigenvalue weighted by atomic mass is 10.1. The summed E-state index contributed by atoms with van der Waals surface area (Å²) >= 11 is 0. The summed E-state index contributed by atoms with van der Waals surface area (Å²) in [6.07, 6.45) is 2.54. The summed E-state index contributed by atoms with van der Waals surface area (Å²) in [6.45, 7) is 0.547. The molecule has 4 rings (SSSR count). The molecule has 0 aliphatic rings. The highest BCUT2D eigenvalue weighted by molar-refractivity contribution is 5.78. The maximum absolute atomic E-state index is 12.1. The number of rotatable bonds is 4. The van der Waals surface area contributed by atoms with Crippen LogP contribution in [0.5, 0.6) is 0 Å². The molecular weight excluding hydrogens is 310 g/mol. The quantitative estimate of drug-likeness (QED) is 0.574. The average molecular weight is 327 g/mol. The fourth-order valence-corrected chi connectivity index (χ4v) is 2.89. The summed E-state index contributed by atoms with van der Waals surface area (Å²) in [7, 11) is 0. The molecule has 4 aromatic rings. The summed E-state index contributed by atoms with van der Waals surface area (Å²) in [6, 6.07) is 23.4. The van der Waals surface area contributed by atoms with Gasteiger partial charge in [-0.05, 0) is 36.2 Å². The van der Waals surface area contributed by atoms with Crippen molar-refractivity contribution in [3.63, 3.8) is 0 Å². The summed E-state index contributed by atoms with van der Waals surface area (Å²) in [5.41, 5.74) is 3.88. The van der Waals surface area contributed by atoms with Crippen molar-refractivity contribution in [3.05, 3.63) is 94.9 Å². The van der Waals surface area contributed by atoms with Crippen molar-refractivity contribution in [2.24, 2.45) is 0 Å². The molecule has 0 fully saturated rings. The summed E-state index contributed by atoms with van der Waals surface area (Å²) in [5, 5.41) is 5.62. The van der Waals surface area contributed by atoms with Crippen LogP contribution in [-0.4, -0.2) is 14.8 Å². The number of aromatic nitrogens is 3. The predicted molar refractivity (Wildman–Crippen MR) is 99.4 cm³/mol. The minimum absolute atomic E-state index is 0.0814. The van der Waals surface area contributed by atoms with E-state index in [9.17, 15) is 4.79 Å². The molecule has 2 aromatic carbocycles. The van der Waals surface area contributed by atoms with Gasteiger partial charge in [-0.25, -0.2) is 4.68 Å². The van der Waals surface area contributed by atoms with E-state index in [1.807, 2.05) is 48.5 Å². The van der Waals surface area contributed by atoms with Crippen LogP contribution in [0.1, 0.15) is 5.56 Å². The molecule has 4 nitrogen and oxygen atoms in total. The van der Waals surface area contributed by atoms with Gasteiger partial charge in [-0.2, -0.15) is 5.10 Å². The van der Waals surface area contributed by atoms with E-state index in [0.29, 0.717) is 6.54 Å². The molecule has 0 aliphatic carbocycles. The molecule has 122 valence electrons. The maximum Gasteiger partial charge on any atom is 0.266 e. The van der Waals surface area contributed by atoms with Crippen molar-refractivity contribution >= 4 is 10.9 Å². The molecule has 0 unspecified atom stereocenters. The number of aryl methyl sites for hydroxylation is 2. The topological polar surface area (TPSA) is 47.8 Å². The average Bonchev–Trinajstić information content (AvgIpc) is 2.68. The zero-order valence-electron chi connectivity index (χ0n) is 13.7. The Labute approximate surface area is 145 Å². The van der Waals surface area contributed by atoms with Gasteiger partial charge in [0.2, 0.25) is 0 Å². The van der Waals surface area contributed by atoms with E-state index in [-0.39, 0.29) is 5.56 Å². The molecular formula is C21H17N3O. The molecule has 4 heteroatoms. The Kier molecular flexibility index (Phi) is 4.09. The molecule has 2 aromatic heterocycles. The first-order valence-electron chi connectivity index (χ1n) is 8.27. The van der Waals surface area contributed by atoms with Crippen LogP contribution in [0.25, 0.3) is 22.2 Å². The van der Waals surface area contributed by atoms with Gasteiger partial charge in [0.25, 0.3) is 5.56 Å². The van der Waals surface area contributed by atoms with Crippen LogP contribution in [0, 0.1) is 0 Å². The lowest BCUT2D eigenvalue weighted by Crippen LogP contribution is -2.23. The zero-order chi connectivity index (χ0) is 17.1. The minimum atomic E-state index is -0.0814. The second-order valence-electron chi connectivity index (χ2n) is 5.93. The van der Waals surface area contributed by atoms with Gasteiger partial charge in [-0.15, -0.1) is 0 Å². The molecule has 0 aliphatic heterocycles. The summed E-state index contributed by atoms with van der Waals surface area (Å²) in [4.78, 5) is 16.5. The van der Waals surface area contributed by atoms with E-state index in [1.165, 1.54) is 10.2 Å².